The van der Waals surface area contributed by atoms with Crippen molar-refractivity contribution < 1.29 is 0 Å². The van der Waals surface area contributed by atoms with Gasteiger partial charge in [0.25, 0.3) is 0 Å². The summed E-state index contributed by atoms with van der Waals surface area (Å²) in [7, 11) is 0. The molecule has 3 aliphatic rings. The number of rotatable bonds is 1. The lowest BCUT2D eigenvalue weighted by Crippen LogP contribution is -2.28. The highest BCUT2D eigenvalue weighted by Crippen LogP contribution is 2.30. The van der Waals surface area contributed by atoms with Crippen molar-refractivity contribution in [2.24, 2.45) is 11.8 Å². The topological polar surface area (TPSA) is 41.1 Å². The van der Waals surface area contributed by atoms with Gasteiger partial charge in [-0.2, -0.15) is 0 Å². The molecule has 3 heterocycles. The molecule has 0 spiro atoms. The number of hydrogen-bond acceptors (Lipinski definition) is 4. The summed E-state index contributed by atoms with van der Waals surface area (Å²) in [6.07, 6.45) is 4.34. The van der Waals surface area contributed by atoms with Gasteiger partial charge in [0.2, 0.25) is 5.95 Å². The van der Waals surface area contributed by atoms with Gasteiger partial charge in [-0.25, -0.2) is 9.97 Å². The molecule has 84 valence electrons. The summed E-state index contributed by atoms with van der Waals surface area (Å²) in [5.41, 5.74) is 2.63. The molecule has 4 rings (SSSR count). The molecule has 1 aliphatic carbocycles. The lowest BCUT2D eigenvalue weighted by molar-refractivity contribution is 0.533. The van der Waals surface area contributed by atoms with E-state index in [0.29, 0.717) is 0 Å². The van der Waals surface area contributed by atoms with E-state index in [2.05, 4.69) is 20.2 Å². The van der Waals surface area contributed by atoms with E-state index in [-0.39, 0.29) is 0 Å². The predicted octanol–water partition coefficient (Wildman–Crippen LogP) is 0.231. The van der Waals surface area contributed by atoms with E-state index in [4.69, 9.17) is 0 Å². The molecule has 1 aromatic rings. The number of nitrogens with zero attached hydrogens (tertiary/aromatic N) is 3. The van der Waals surface area contributed by atoms with Gasteiger partial charge in [0.1, 0.15) is 0 Å². The Kier molecular flexibility index (Phi) is 1.77. The lowest BCUT2D eigenvalue weighted by atomic mass is 9.96. The minimum absolute atomic E-state index is 0.815. The Balaban J connectivity index is 1.59. The van der Waals surface area contributed by atoms with Crippen molar-refractivity contribution in [3.8, 4) is 0 Å². The van der Waals surface area contributed by atoms with Crippen molar-refractivity contribution >= 4 is 5.95 Å². The molecule has 2 atom stereocenters. The molecular weight excluding hydrogens is 200 g/mol. The van der Waals surface area contributed by atoms with Crippen LogP contribution in [-0.2, 0) is 12.8 Å². The number of aryl methyl sites for hydroxylation is 2. The third kappa shape index (κ3) is 1.19. The Morgan fingerprint density at radius 2 is 2.00 bits per heavy atom. The maximum atomic E-state index is 4.66. The molecule has 2 fully saturated rings. The second-order valence-corrected chi connectivity index (χ2v) is 5.23. The molecule has 1 N–H and O–H groups in total. The molecule has 0 aromatic carbocycles. The molecule has 0 unspecified atom stereocenters. The van der Waals surface area contributed by atoms with Gasteiger partial charge in [-0.15, -0.1) is 0 Å². The summed E-state index contributed by atoms with van der Waals surface area (Å²) in [5, 5.41) is 3.46. The van der Waals surface area contributed by atoms with Gasteiger partial charge in [0.15, 0.2) is 0 Å². The van der Waals surface area contributed by atoms with Gasteiger partial charge in [0.05, 0.1) is 0 Å². The average Bonchev–Trinajstić information content (AvgIpc) is 2.79. The smallest absolute Gasteiger partial charge is 0.225 e. The highest BCUT2D eigenvalue weighted by atomic mass is 15.3. The van der Waals surface area contributed by atoms with Gasteiger partial charge in [0, 0.05) is 38.1 Å². The minimum atomic E-state index is 0.815. The van der Waals surface area contributed by atoms with E-state index in [1.54, 1.807) is 0 Å². The van der Waals surface area contributed by atoms with Gasteiger partial charge in [-0.3, -0.25) is 0 Å². The first-order valence-corrected chi connectivity index (χ1v) is 6.20. The van der Waals surface area contributed by atoms with Gasteiger partial charge < -0.3 is 10.2 Å². The van der Waals surface area contributed by atoms with Crippen LogP contribution < -0.4 is 10.2 Å². The molecular formula is C12H16N4. The summed E-state index contributed by atoms with van der Waals surface area (Å²) in [4.78, 5) is 11.5. The Morgan fingerprint density at radius 1 is 1.19 bits per heavy atom. The third-order valence-electron chi connectivity index (χ3n) is 4.24. The highest BCUT2D eigenvalue weighted by molar-refractivity contribution is 5.38. The molecule has 16 heavy (non-hydrogen) atoms. The Bertz CT molecular complexity index is 419. The van der Waals surface area contributed by atoms with Crippen molar-refractivity contribution in [3.05, 3.63) is 17.5 Å². The van der Waals surface area contributed by atoms with E-state index >= 15 is 0 Å². The van der Waals surface area contributed by atoms with Crippen molar-refractivity contribution in [1.29, 1.82) is 0 Å². The maximum Gasteiger partial charge on any atom is 0.225 e. The van der Waals surface area contributed by atoms with Crippen LogP contribution in [0.4, 0.5) is 5.95 Å². The van der Waals surface area contributed by atoms with E-state index in [0.717, 1.165) is 37.3 Å². The van der Waals surface area contributed by atoms with Crippen LogP contribution in [0.15, 0.2) is 6.20 Å². The molecule has 1 aromatic heterocycles. The largest absolute Gasteiger partial charge is 0.340 e. The standard InChI is InChI=1S/C12H16N4/c1-2-11-8(1)5-14-12(15-11)16-6-9-3-13-4-10(9)7-16/h5,9-10,13H,1-4,6-7H2/t9-,10+. The zero-order valence-corrected chi connectivity index (χ0v) is 9.32. The monoisotopic (exact) mass is 216 g/mol. The summed E-state index contributed by atoms with van der Waals surface area (Å²) in [5.74, 6) is 2.59. The second kappa shape index (κ2) is 3.17. The minimum Gasteiger partial charge on any atom is -0.340 e. The molecule has 0 saturated carbocycles. The van der Waals surface area contributed by atoms with Crippen LogP contribution in [0.1, 0.15) is 11.3 Å². The highest BCUT2D eigenvalue weighted by Gasteiger charge is 2.37. The normalized spacial score (nSPS) is 31.1. The number of hydrogen-bond donors (Lipinski definition) is 1. The first-order chi connectivity index (χ1) is 7.90. The molecule has 0 bridgehead atoms. The van der Waals surface area contributed by atoms with Crippen LogP contribution >= 0.6 is 0 Å². The summed E-state index contributed by atoms with van der Waals surface area (Å²) >= 11 is 0. The first kappa shape index (κ1) is 8.93. The maximum absolute atomic E-state index is 4.66. The summed E-state index contributed by atoms with van der Waals surface area (Å²) in [6.45, 7) is 4.62. The van der Waals surface area contributed by atoms with Crippen LogP contribution in [0.25, 0.3) is 0 Å². The molecule has 4 heteroatoms. The third-order valence-corrected chi connectivity index (χ3v) is 4.24. The fraction of sp³-hybridized carbons (Fsp3) is 0.667. The van der Waals surface area contributed by atoms with Crippen LogP contribution in [0, 0.1) is 11.8 Å². The van der Waals surface area contributed by atoms with Crippen molar-refractivity contribution in [2.45, 2.75) is 12.8 Å². The fourth-order valence-corrected chi connectivity index (χ4v) is 3.10. The molecule has 4 nitrogen and oxygen atoms in total. The van der Waals surface area contributed by atoms with Crippen molar-refractivity contribution in [3.63, 3.8) is 0 Å². The lowest BCUT2D eigenvalue weighted by Gasteiger charge is -2.22. The van der Waals surface area contributed by atoms with Crippen LogP contribution in [0.2, 0.25) is 0 Å². The quantitative estimate of drug-likeness (QED) is 0.729. The Hall–Kier alpha value is -1.16. The number of nitrogens with one attached hydrogen (secondary N) is 1. The number of fused-ring (bicyclic) bond motifs is 2. The van der Waals surface area contributed by atoms with Crippen LogP contribution in [0.5, 0.6) is 0 Å². The number of anilines is 1. The van der Waals surface area contributed by atoms with Gasteiger partial charge in [-0.05, 0) is 30.2 Å². The first-order valence-electron chi connectivity index (χ1n) is 6.20. The zero-order chi connectivity index (χ0) is 10.5. The van der Waals surface area contributed by atoms with E-state index in [9.17, 15) is 0 Å². The van der Waals surface area contributed by atoms with E-state index < -0.39 is 0 Å². The zero-order valence-electron chi connectivity index (χ0n) is 9.32. The number of aromatic nitrogens is 2. The molecule has 2 saturated heterocycles. The van der Waals surface area contributed by atoms with Crippen LogP contribution in [0.3, 0.4) is 0 Å². The molecule has 0 radical (unpaired) electrons. The average molecular weight is 216 g/mol. The van der Waals surface area contributed by atoms with Crippen molar-refractivity contribution in [1.82, 2.24) is 15.3 Å². The molecule has 0 amide bonds. The Morgan fingerprint density at radius 3 is 2.62 bits per heavy atom. The van der Waals surface area contributed by atoms with Gasteiger partial charge in [-0.1, -0.05) is 0 Å². The Labute approximate surface area is 95.1 Å². The summed E-state index contributed by atoms with van der Waals surface area (Å²) < 4.78 is 0. The SMILES string of the molecule is c1nc(N2C[C@H]3CNC[C@H]3C2)nc2c1CC2. The fourth-order valence-electron chi connectivity index (χ4n) is 3.10. The summed E-state index contributed by atoms with van der Waals surface area (Å²) in [6, 6.07) is 0. The van der Waals surface area contributed by atoms with Crippen LogP contribution in [-0.4, -0.2) is 36.1 Å². The molecule has 2 aliphatic heterocycles. The van der Waals surface area contributed by atoms with Crippen molar-refractivity contribution in [2.75, 3.05) is 31.1 Å². The van der Waals surface area contributed by atoms with E-state index in [1.165, 1.54) is 30.8 Å². The van der Waals surface area contributed by atoms with E-state index in [1.807, 2.05) is 6.20 Å². The predicted molar refractivity (Wildman–Crippen MR) is 61.5 cm³/mol. The van der Waals surface area contributed by atoms with Gasteiger partial charge >= 0.3 is 0 Å². The second-order valence-electron chi connectivity index (χ2n) is 5.23.